The zero-order valence-corrected chi connectivity index (χ0v) is 10.2. The van der Waals surface area contributed by atoms with Gasteiger partial charge in [0.1, 0.15) is 0 Å². The van der Waals surface area contributed by atoms with E-state index in [0.29, 0.717) is 5.75 Å². The topological polar surface area (TPSA) is 55.5 Å². The minimum Gasteiger partial charge on any atom is -0.504 e. The highest BCUT2D eigenvalue weighted by molar-refractivity contribution is 7.99. The lowest BCUT2D eigenvalue weighted by Gasteiger charge is -2.06. The van der Waals surface area contributed by atoms with E-state index >= 15 is 0 Å². The molecule has 3 nitrogen and oxygen atoms in total. The fraction of sp³-hybridized carbons (Fsp3) is 0.0769. The van der Waals surface area contributed by atoms with Crippen molar-refractivity contribution < 1.29 is 9.84 Å². The Morgan fingerprint density at radius 1 is 1.06 bits per heavy atom. The number of hydrogen-bond acceptors (Lipinski definition) is 4. The molecule has 17 heavy (non-hydrogen) atoms. The highest BCUT2D eigenvalue weighted by Crippen LogP contribution is 2.34. The first-order chi connectivity index (χ1) is 8.19. The lowest BCUT2D eigenvalue weighted by Crippen LogP contribution is -1.85. The van der Waals surface area contributed by atoms with Crippen LogP contribution in [0.2, 0.25) is 0 Å². The average Bonchev–Trinajstić information content (AvgIpc) is 2.34. The van der Waals surface area contributed by atoms with Crippen LogP contribution in [0, 0.1) is 0 Å². The third-order valence-electron chi connectivity index (χ3n) is 2.27. The average molecular weight is 247 g/mol. The van der Waals surface area contributed by atoms with Gasteiger partial charge in [0.2, 0.25) is 0 Å². The van der Waals surface area contributed by atoms with Crippen LogP contribution in [0.4, 0.5) is 5.69 Å². The van der Waals surface area contributed by atoms with Gasteiger partial charge < -0.3 is 15.6 Å². The number of nitrogen functional groups attached to an aromatic ring is 1. The molecule has 2 rings (SSSR count). The van der Waals surface area contributed by atoms with Gasteiger partial charge in [-0.15, -0.1) is 0 Å². The first-order valence-electron chi connectivity index (χ1n) is 5.09. The monoisotopic (exact) mass is 247 g/mol. The molecule has 0 saturated heterocycles. The Kier molecular flexibility index (Phi) is 3.44. The molecule has 0 unspecified atom stereocenters. The van der Waals surface area contributed by atoms with Crippen LogP contribution >= 0.6 is 11.8 Å². The van der Waals surface area contributed by atoms with E-state index in [2.05, 4.69) is 0 Å². The summed E-state index contributed by atoms with van der Waals surface area (Å²) >= 11 is 1.59. The smallest absolute Gasteiger partial charge is 0.161 e. The van der Waals surface area contributed by atoms with Crippen LogP contribution in [-0.4, -0.2) is 12.2 Å². The Bertz CT molecular complexity index is 511. The van der Waals surface area contributed by atoms with Crippen molar-refractivity contribution in [3.05, 3.63) is 42.5 Å². The number of nitrogens with two attached hydrogens (primary N) is 1. The molecule has 0 aliphatic rings. The summed E-state index contributed by atoms with van der Waals surface area (Å²) in [5.41, 5.74) is 6.37. The summed E-state index contributed by atoms with van der Waals surface area (Å²) in [6.07, 6.45) is 0. The summed E-state index contributed by atoms with van der Waals surface area (Å²) in [6, 6.07) is 12.9. The lowest BCUT2D eigenvalue weighted by molar-refractivity contribution is 0.372. The van der Waals surface area contributed by atoms with Crippen molar-refractivity contribution in [3.63, 3.8) is 0 Å². The minimum atomic E-state index is 0.147. The van der Waals surface area contributed by atoms with Crippen LogP contribution in [0.3, 0.4) is 0 Å². The normalized spacial score (nSPS) is 10.2. The molecule has 0 saturated carbocycles. The van der Waals surface area contributed by atoms with Crippen LogP contribution in [0.25, 0.3) is 0 Å². The highest BCUT2D eigenvalue weighted by Gasteiger charge is 2.04. The molecule has 3 N–H and O–H groups in total. The molecular formula is C13H13NO2S. The van der Waals surface area contributed by atoms with E-state index in [1.807, 2.05) is 30.3 Å². The molecule has 2 aromatic carbocycles. The zero-order chi connectivity index (χ0) is 12.3. The third kappa shape index (κ3) is 2.85. The van der Waals surface area contributed by atoms with Crippen LogP contribution < -0.4 is 10.5 Å². The standard InChI is InChI=1S/C13H13NO2S/c1-16-13-8-11(6-7-12(13)15)17-10-4-2-9(14)3-5-10/h2-8,15H,14H2,1H3. The second-order valence-electron chi connectivity index (χ2n) is 3.50. The maximum Gasteiger partial charge on any atom is 0.161 e. The Morgan fingerprint density at radius 2 is 1.71 bits per heavy atom. The zero-order valence-electron chi connectivity index (χ0n) is 9.38. The summed E-state index contributed by atoms with van der Waals surface area (Å²) in [6.45, 7) is 0. The molecule has 0 aliphatic carbocycles. The molecule has 0 bridgehead atoms. The Morgan fingerprint density at radius 3 is 2.35 bits per heavy atom. The van der Waals surface area contributed by atoms with Gasteiger partial charge in [-0.2, -0.15) is 0 Å². The van der Waals surface area contributed by atoms with Crippen molar-refractivity contribution in [3.8, 4) is 11.5 Å². The summed E-state index contributed by atoms with van der Waals surface area (Å²) in [5, 5.41) is 9.49. The second kappa shape index (κ2) is 5.01. The number of methoxy groups -OCH3 is 1. The predicted molar refractivity (Wildman–Crippen MR) is 69.6 cm³/mol. The molecule has 4 heteroatoms. The van der Waals surface area contributed by atoms with E-state index in [-0.39, 0.29) is 5.75 Å². The third-order valence-corrected chi connectivity index (χ3v) is 3.26. The summed E-state index contributed by atoms with van der Waals surface area (Å²) in [5.74, 6) is 0.625. The SMILES string of the molecule is COc1cc(Sc2ccc(N)cc2)ccc1O. The molecule has 0 spiro atoms. The van der Waals surface area contributed by atoms with Gasteiger partial charge in [-0.3, -0.25) is 0 Å². The number of benzene rings is 2. The van der Waals surface area contributed by atoms with Crippen molar-refractivity contribution in [1.82, 2.24) is 0 Å². The highest BCUT2D eigenvalue weighted by atomic mass is 32.2. The number of ether oxygens (including phenoxy) is 1. The number of hydrogen-bond donors (Lipinski definition) is 2. The molecule has 0 heterocycles. The first-order valence-corrected chi connectivity index (χ1v) is 5.91. The predicted octanol–water partition coefficient (Wildman–Crippen LogP) is 3.13. The summed E-state index contributed by atoms with van der Waals surface area (Å²) in [7, 11) is 1.53. The van der Waals surface area contributed by atoms with Gasteiger partial charge in [-0.1, -0.05) is 11.8 Å². The quantitative estimate of drug-likeness (QED) is 0.818. The van der Waals surface area contributed by atoms with E-state index < -0.39 is 0 Å². The van der Waals surface area contributed by atoms with E-state index in [4.69, 9.17) is 10.5 Å². The molecule has 0 amide bonds. The van der Waals surface area contributed by atoms with Crippen LogP contribution in [0.15, 0.2) is 52.3 Å². The van der Waals surface area contributed by atoms with Crippen molar-refractivity contribution in [2.75, 3.05) is 12.8 Å². The van der Waals surface area contributed by atoms with Gasteiger partial charge in [0.25, 0.3) is 0 Å². The van der Waals surface area contributed by atoms with E-state index in [9.17, 15) is 5.11 Å². The molecular weight excluding hydrogens is 234 g/mol. The summed E-state index contributed by atoms with van der Waals surface area (Å²) < 4.78 is 5.06. The lowest BCUT2D eigenvalue weighted by atomic mass is 10.3. The van der Waals surface area contributed by atoms with Gasteiger partial charge in [0, 0.05) is 15.5 Å². The van der Waals surface area contributed by atoms with E-state index in [1.54, 1.807) is 23.9 Å². The fourth-order valence-electron chi connectivity index (χ4n) is 1.39. The molecule has 2 aromatic rings. The van der Waals surface area contributed by atoms with Gasteiger partial charge >= 0.3 is 0 Å². The molecule has 0 aliphatic heterocycles. The Labute approximate surface area is 104 Å². The van der Waals surface area contributed by atoms with Gasteiger partial charge in [0.15, 0.2) is 11.5 Å². The van der Waals surface area contributed by atoms with Gasteiger partial charge in [-0.05, 0) is 42.5 Å². The fourth-order valence-corrected chi connectivity index (χ4v) is 2.24. The largest absolute Gasteiger partial charge is 0.504 e. The Hall–Kier alpha value is -1.81. The Balaban J connectivity index is 2.21. The van der Waals surface area contributed by atoms with Crippen molar-refractivity contribution in [2.45, 2.75) is 9.79 Å². The van der Waals surface area contributed by atoms with Crippen molar-refractivity contribution in [2.24, 2.45) is 0 Å². The molecule has 0 atom stereocenters. The second-order valence-corrected chi connectivity index (χ2v) is 4.65. The molecule has 0 aromatic heterocycles. The number of anilines is 1. The van der Waals surface area contributed by atoms with Gasteiger partial charge in [0.05, 0.1) is 7.11 Å². The van der Waals surface area contributed by atoms with Crippen LogP contribution in [0.1, 0.15) is 0 Å². The number of phenols is 1. The van der Waals surface area contributed by atoms with Crippen molar-refractivity contribution in [1.29, 1.82) is 0 Å². The van der Waals surface area contributed by atoms with Crippen molar-refractivity contribution >= 4 is 17.4 Å². The van der Waals surface area contributed by atoms with Gasteiger partial charge in [-0.25, -0.2) is 0 Å². The molecule has 88 valence electrons. The molecule has 0 fully saturated rings. The number of phenolic OH excluding ortho intramolecular Hbond substituents is 1. The first kappa shape index (κ1) is 11.7. The molecule has 0 radical (unpaired) electrons. The van der Waals surface area contributed by atoms with Crippen LogP contribution in [-0.2, 0) is 0 Å². The maximum atomic E-state index is 9.49. The van der Waals surface area contributed by atoms with Crippen LogP contribution in [0.5, 0.6) is 11.5 Å². The minimum absolute atomic E-state index is 0.147. The summed E-state index contributed by atoms with van der Waals surface area (Å²) in [4.78, 5) is 2.09. The number of aromatic hydroxyl groups is 1. The van der Waals surface area contributed by atoms with E-state index in [0.717, 1.165) is 15.5 Å². The van der Waals surface area contributed by atoms with E-state index in [1.165, 1.54) is 7.11 Å². The maximum absolute atomic E-state index is 9.49. The number of rotatable bonds is 3.